The predicted octanol–water partition coefficient (Wildman–Crippen LogP) is 2.64. The Kier molecular flexibility index (Phi) is 2.73. The van der Waals surface area contributed by atoms with Gasteiger partial charge >= 0.3 is 6.09 Å². The first-order valence-corrected chi connectivity index (χ1v) is 6.42. The molecule has 0 N–H and O–H groups in total. The van der Waals surface area contributed by atoms with Crippen LogP contribution in [0.1, 0.15) is 27.2 Å². The molecule has 1 saturated heterocycles. The Labute approximate surface area is 99.3 Å². The number of piperidine rings is 1. The van der Waals surface area contributed by atoms with Gasteiger partial charge in [-0.2, -0.15) is 0 Å². The number of fused-ring (bicyclic) bond motifs is 1. The molecule has 1 aliphatic carbocycles. The highest BCUT2D eigenvalue weighted by Gasteiger charge is 2.52. The van der Waals surface area contributed by atoms with Crippen LogP contribution in [-0.2, 0) is 4.74 Å². The summed E-state index contributed by atoms with van der Waals surface area (Å²) in [6.45, 7) is 7.42. The summed E-state index contributed by atoms with van der Waals surface area (Å²) in [4.78, 5) is 14.2. The number of ether oxygens (including phenoxy) is 1. The van der Waals surface area contributed by atoms with E-state index >= 15 is 0 Å². The van der Waals surface area contributed by atoms with Crippen molar-refractivity contribution in [2.45, 2.75) is 37.6 Å². The maximum Gasteiger partial charge on any atom is 0.410 e. The highest BCUT2D eigenvalue weighted by Crippen LogP contribution is 2.50. The van der Waals surface area contributed by atoms with Gasteiger partial charge in [0.2, 0.25) is 0 Å². The van der Waals surface area contributed by atoms with Crippen LogP contribution in [0.2, 0.25) is 0 Å². The lowest BCUT2D eigenvalue weighted by atomic mass is 10.1. The first-order chi connectivity index (χ1) is 6.88. The van der Waals surface area contributed by atoms with Crippen molar-refractivity contribution in [3.8, 4) is 0 Å². The van der Waals surface area contributed by atoms with Gasteiger partial charge in [-0.05, 0) is 39.0 Å². The summed E-state index contributed by atoms with van der Waals surface area (Å²) in [5.41, 5.74) is -0.384. The molecule has 3 unspecified atom stereocenters. The van der Waals surface area contributed by atoms with Crippen molar-refractivity contribution >= 4 is 22.0 Å². The van der Waals surface area contributed by atoms with Crippen molar-refractivity contribution in [2.24, 2.45) is 11.8 Å². The van der Waals surface area contributed by atoms with Crippen LogP contribution in [0.5, 0.6) is 0 Å². The van der Waals surface area contributed by atoms with Crippen LogP contribution >= 0.6 is 15.9 Å². The molecule has 0 spiro atoms. The SMILES string of the molecule is CC(C)(C)OC(=O)N1CCC2C(Br)C2C1. The van der Waals surface area contributed by atoms with Crippen LogP contribution in [0.25, 0.3) is 0 Å². The zero-order chi connectivity index (χ0) is 11.2. The molecule has 4 heteroatoms. The lowest BCUT2D eigenvalue weighted by Crippen LogP contribution is -2.40. The third kappa shape index (κ3) is 2.47. The fourth-order valence-electron chi connectivity index (χ4n) is 2.15. The van der Waals surface area contributed by atoms with Gasteiger partial charge in [-0.25, -0.2) is 4.79 Å². The maximum absolute atomic E-state index is 11.8. The third-order valence-corrected chi connectivity index (χ3v) is 4.40. The third-order valence-electron chi connectivity index (χ3n) is 3.04. The number of rotatable bonds is 0. The van der Waals surface area contributed by atoms with E-state index in [0.717, 1.165) is 25.4 Å². The van der Waals surface area contributed by atoms with E-state index < -0.39 is 0 Å². The Morgan fingerprint density at radius 3 is 2.60 bits per heavy atom. The van der Waals surface area contributed by atoms with Crippen LogP contribution in [0.15, 0.2) is 0 Å². The molecule has 1 amide bonds. The maximum atomic E-state index is 11.8. The van der Waals surface area contributed by atoms with Gasteiger partial charge in [0.05, 0.1) is 0 Å². The summed E-state index contributed by atoms with van der Waals surface area (Å²) in [6, 6.07) is 0. The molecule has 2 fully saturated rings. The molecule has 3 atom stereocenters. The molecular formula is C11H18BrNO2. The Bertz CT molecular complexity index is 274. The van der Waals surface area contributed by atoms with Crippen LogP contribution in [0.4, 0.5) is 4.79 Å². The number of hydrogen-bond donors (Lipinski definition) is 0. The minimum absolute atomic E-state index is 0.160. The lowest BCUT2D eigenvalue weighted by molar-refractivity contribution is 0.0207. The zero-order valence-corrected chi connectivity index (χ0v) is 11.1. The molecule has 1 saturated carbocycles. The summed E-state index contributed by atoms with van der Waals surface area (Å²) in [6.07, 6.45) is 0.951. The van der Waals surface area contributed by atoms with E-state index in [0.29, 0.717) is 10.7 Å². The normalized spacial score (nSPS) is 34.7. The van der Waals surface area contributed by atoms with Crippen LogP contribution in [0.3, 0.4) is 0 Å². The second-order valence-corrected chi connectivity index (χ2v) is 6.54. The minimum Gasteiger partial charge on any atom is -0.444 e. The van der Waals surface area contributed by atoms with Gasteiger partial charge < -0.3 is 9.64 Å². The standard InChI is InChI=1S/C11H18BrNO2/c1-11(2,3)15-10(14)13-5-4-7-8(6-13)9(7)12/h7-9H,4-6H2,1-3H3. The molecule has 0 aromatic heterocycles. The molecule has 0 aromatic rings. The second kappa shape index (κ2) is 3.65. The Morgan fingerprint density at radius 1 is 1.40 bits per heavy atom. The van der Waals surface area contributed by atoms with E-state index in [1.54, 1.807) is 0 Å². The number of hydrogen-bond acceptors (Lipinski definition) is 2. The minimum atomic E-state index is -0.384. The summed E-state index contributed by atoms with van der Waals surface area (Å²) in [5, 5.41) is 0. The summed E-state index contributed by atoms with van der Waals surface area (Å²) < 4.78 is 5.35. The number of nitrogens with zero attached hydrogens (tertiary/aromatic N) is 1. The number of carbonyl (C=O) groups is 1. The molecule has 0 bridgehead atoms. The molecule has 0 aromatic carbocycles. The van der Waals surface area contributed by atoms with Crippen molar-refractivity contribution in [2.75, 3.05) is 13.1 Å². The van der Waals surface area contributed by atoms with Crippen molar-refractivity contribution in [1.82, 2.24) is 4.90 Å². The Morgan fingerprint density at radius 2 is 2.07 bits per heavy atom. The molecule has 1 aliphatic heterocycles. The topological polar surface area (TPSA) is 29.5 Å². The van der Waals surface area contributed by atoms with E-state index in [2.05, 4.69) is 15.9 Å². The first kappa shape index (κ1) is 11.2. The van der Waals surface area contributed by atoms with Gasteiger partial charge in [0, 0.05) is 17.9 Å². The van der Waals surface area contributed by atoms with Gasteiger partial charge in [0.1, 0.15) is 5.60 Å². The number of carbonyl (C=O) groups excluding carboxylic acids is 1. The van der Waals surface area contributed by atoms with Crippen molar-refractivity contribution in [3.05, 3.63) is 0 Å². The monoisotopic (exact) mass is 275 g/mol. The number of alkyl halides is 1. The summed E-state index contributed by atoms with van der Waals surface area (Å²) in [7, 11) is 0. The number of amides is 1. The number of likely N-dealkylation sites (tertiary alicyclic amines) is 1. The van der Waals surface area contributed by atoms with Gasteiger partial charge in [0.15, 0.2) is 0 Å². The van der Waals surface area contributed by atoms with Crippen molar-refractivity contribution in [1.29, 1.82) is 0 Å². The van der Waals surface area contributed by atoms with Gasteiger partial charge in [-0.15, -0.1) is 0 Å². The first-order valence-electron chi connectivity index (χ1n) is 5.50. The van der Waals surface area contributed by atoms with Gasteiger partial charge in [-0.3, -0.25) is 0 Å². The fourth-order valence-corrected chi connectivity index (χ4v) is 3.19. The number of halogens is 1. The summed E-state index contributed by atoms with van der Waals surface area (Å²) >= 11 is 3.63. The molecule has 1 heterocycles. The molecule has 86 valence electrons. The van der Waals surface area contributed by atoms with E-state index in [1.165, 1.54) is 0 Å². The smallest absolute Gasteiger partial charge is 0.410 e. The Balaban J connectivity index is 1.87. The highest BCUT2D eigenvalue weighted by atomic mass is 79.9. The van der Waals surface area contributed by atoms with Gasteiger partial charge in [-0.1, -0.05) is 15.9 Å². The molecule has 15 heavy (non-hydrogen) atoms. The Hall–Kier alpha value is -0.250. The van der Waals surface area contributed by atoms with E-state index in [4.69, 9.17) is 4.74 Å². The van der Waals surface area contributed by atoms with Crippen LogP contribution in [-0.4, -0.2) is 34.5 Å². The van der Waals surface area contributed by atoms with E-state index in [-0.39, 0.29) is 11.7 Å². The van der Waals surface area contributed by atoms with E-state index in [1.807, 2.05) is 25.7 Å². The average molecular weight is 276 g/mol. The quantitative estimate of drug-likeness (QED) is 0.636. The zero-order valence-electron chi connectivity index (χ0n) is 9.50. The molecule has 2 rings (SSSR count). The fraction of sp³-hybridized carbons (Fsp3) is 0.909. The second-order valence-electron chi connectivity index (χ2n) is 5.49. The largest absolute Gasteiger partial charge is 0.444 e. The lowest BCUT2D eigenvalue weighted by Gasteiger charge is -2.29. The molecular weight excluding hydrogens is 258 g/mol. The van der Waals surface area contributed by atoms with Crippen LogP contribution < -0.4 is 0 Å². The van der Waals surface area contributed by atoms with Gasteiger partial charge in [0.25, 0.3) is 0 Å². The average Bonchev–Trinajstić information content (AvgIpc) is 2.74. The molecule has 0 radical (unpaired) electrons. The molecule has 3 nitrogen and oxygen atoms in total. The highest BCUT2D eigenvalue weighted by molar-refractivity contribution is 9.09. The summed E-state index contributed by atoms with van der Waals surface area (Å²) in [5.74, 6) is 1.45. The molecule has 2 aliphatic rings. The predicted molar refractivity (Wildman–Crippen MR) is 62.1 cm³/mol. The van der Waals surface area contributed by atoms with Crippen LogP contribution in [0, 0.1) is 11.8 Å². The van der Waals surface area contributed by atoms with E-state index in [9.17, 15) is 4.79 Å². The van der Waals surface area contributed by atoms with Crippen molar-refractivity contribution < 1.29 is 9.53 Å². The van der Waals surface area contributed by atoms with Crippen molar-refractivity contribution in [3.63, 3.8) is 0 Å².